The average molecular weight is 418 g/mol. The number of amides is 3. The van der Waals surface area contributed by atoms with Gasteiger partial charge in [0.2, 0.25) is 0 Å². The van der Waals surface area contributed by atoms with E-state index in [-0.39, 0.29) is 11.3 Å². The van der Waals surface area contributed by atoms with Crippen LogP contribution in [0.25, 0.3) is 0 Å². The largest absolute Gasteiger partial charge is 0.323 e. The predicted molar refractivity (Wildman–Crippen MR) is 94.9 cm³/mol. The third-order valence-corrected chi connectivity index (χ3v) is 3.64. The maximum Gasteiger partial charge on any atom is 0.323 e. The minimum absolute atomic E-state index is 0.180. The quantitative estimate of drug-likeness (QED) is 0.345. The van der Waals surface area contributed by atoms with Crippen molar-refractivity contribution >= 4 is 62.4 Å². The highest BCUT2D eigenvalue weighted by atomic mass is 79.9. The molecule has 0 spiro atoms. The number of carbonyl (C=O) groups is 2. The minimum Gasteiger partial charge on any atom is -0.308 e. The van der Waals surface area contributed by atoms with Crippen LogP contribution in [0.5, 0.6) is 0 Å². The first kappa shape index (κ1) is 17.6. The van der Waals surface area contributed by atoms with Gasteiger partial charge in [-0.05, 0) is 36.4 Å². The van der Waals surface area contributed by atoms with E-state index in [4.69, 9.17) is 29.0 Å². The lowest BCUT2D eigenvalue weighted by Crippen LogP contribution is -2.31. The third-order valence-electron chi connectivity index (χ3n) is 2.73. The Morgan fingerprint density at radius 1 is 1.00 bits per heavy atom. The number of hydrogen-bond acceptors (Lipinski definition) is 3. The van der Waals surface area contributed by atoms with E-state index in [1.54, 1.807) is 18.2 Å². The van der Waals surface area contributed by atoms with Crippen molar-refractivity contribution in [3.63, 3.8) is 0 Å². The topological polar surface area (TPSA) is 96.2 Å². The molecule has 2 aromatic carbocycles. The molecule has 0 heterocycles. The van der Waals surface area contributed by atoms with Gasteiger partial charge in [-0.15, -0.1) is 0 Å². The number of hydrogen-bond donors (Lipinski definition) is 4. The van der Waals surface area contributed by atoms with Gasteiger partial charge in [-0.2, -0.15) is 0 Å². The molecule has 0 saturated heterocycles. The lowest BCUT2D eigenvalue weighted by molar-refractivity contribution is 0.0954. The Labute approximate surface area is 150 Å². The Hall–Kier alpha value is -1.80. The molecule has 0 atom stereocenters. The molecule has 0 unspecified atom stereocenters. The summed E-state index contributed by atoms with van der Waals surface area (Å²) in [5.74, 6) is 4.56. The molecule has 9 heteroatoms. The van der Waals surface area contributed by atoms with Crippen LogP contribution < -0.4 is 21.9 Å². The molecule has 0 fully saturated rings. The average Bonchev–Trinajstić information content (AvgIpc) is 2.45. The van der Waals surface area contributed by atoms with Gasteiger partial charge in [0.05, 0.1) is 11.3 Å². The summed E-state index contributed by atoms with van der Waals surface area (Å²) in [6, 6.07) is 8.80. The molecule has 3 amide bonds. The Kier molecular flexibility index (Phi) is 5.84. The number of halogens is 3. The molecule has 0 bridgehead atoms. The van der Waals surface area contributed by atoms with Crippen LogP contribution in [0.15, 0.2) is 40.9 Å². The molecule has 0 aliphatic heterocycles. The van der Waals surface area contributed by atoms with Crippen molar-refractivity contribution in [1.82, 2.24) is 5.43 Å². The van der Waals surface area contributed by atoms with E-state index < -0.39 is 11.9 Å². The third kappa shape index (κ3) is 4.84. The summed E-state index contributed by atoms with van der Waals surface area (Å²) >= 11 is 15.1. The van der Waals surface area contributed by atoms with Gasteiger partial charge in [0, 0.05) is 20.2 Å². The number of nitrogens with one attached hydrogen (secondary N) is 3. The molecule has 6 nitrogen and oxygen atoms in total. The highest BCUT2D eigenvalue weighted by Crippen LogP contribution is 2.24. The number of rotatable bonds is 3. The van der Waals surface area contributed by atoms with Crippen LogP contribution >= 0.6 is 39.1 Å². The maximum absolute atomic E-state index is 12.1. The van der Waals surface area contributed by atoms with E-state index >= 15 is 0 Å². The zero-order chi connectivity index (χ0) is 17.0. The zero-order valence-corrected chi connectivity index (χ0v) is 14.6. The molecule has 2 aromatic rings. The maximum atomic E-state index is 12.1. The van der Waals surface area contributed by atoms with Crippen molar-refractivity contribution < 1.29 is 9.59 Å². The van der Waals surface area contributed by atoms with E-state index in [1.807, 2.05) is 5.43 Å². The van der Waals surface area contributed by atoms with Crippen LogP contribution in [0.1, 0.15) is 10.4 Å². The second-order valence-corrected chi connectivity index (χ2v) is 6.19. The molecule has 0 aromatic heterocycles. The second-order valence-electron chi connectivity index (χ2n) is 4.40. The lowest BCUT2D eigenvalue weighted by Gasteiger charge is -2.12. The number of anilines is 2. The number of carbonyl (C=O) groups excluding carboxylic acids is 2. The van der Waals surface area contributed by atoms with Gasteiger partial charge in [0.15, 0.2) is 0 Å². The van der Waals surface area contributed by atoms with Crippen LogP contribution in [-0.2, 0) is 0 Å². The number of nitrogen functional groups attached to an aromatic ring is 1. The van der Waals surface area contributed by atoms with Gasteiger partial charge in [0.1, 0.15) is 0 Å². The SMILES string of the molecule is NNC(=O)c1ccc(Cl)cc1NC(=O)Nc1cc(Cl)cc(Br)c1. The van der Waals surface area contributed by atoms with E-state index in [9.17, 15) is 9.59 Å². The highest BCUT2D eigenvalue weighted by molar-refractivity contribution is 9.10. The number of benzene rings is 2. The van der Waals surface area contributed by atoms with E-state index in [0.717, 1.165) is 0 Å². The summed E-state index contributed by atoms with van der Waals surface area (Å²) in [5, 5.41) is 5.97. The molecule has 23 heavy (non-hydrogen) atoms. The molecular formula is C14H11BrCl2N4O2. The Bertz CT molecular complexity index is 750. The normalized spacial score (nSPS) is 10.1. The predicted octanol–water partition coefficient (Wildman–Crippen LogP) is 4.00. The van der Waals surface area contributed by atoms with Gasteiger partial charge >= 0.3 is 6.03 Å². The fraction of sp³-hybridized carbons (Fsp3) is 0. The first-order valence-corrected chi connectivity index (χ1v) is 7.78. The van der Waals surface area contributed by atoms with Crippen molar-refractivity contribution in [2.75, 3.05) is 10.6 Å². The van der Waals surface area contributed by atoms with E-state index in [1.165, 1.54) is 18.2 Å². The Morgan fingerprint density at radius 3 is 2.39 bits per heavy atom. The van der Waals surface area contributed by atoms with Crippen molar-refractivity contribution in [3.05, 3.63) is 56.5 Å². The summed E-state index contributed by atoms with van der Waals surface area (Å²) in [5.41, 5.74) is 2.88. The smallest absolute Gasteiger partial charge is 0.308 e. The second kappa shape index (κ2) is 7.65. The number of hydrazine groups is 1. The van der Waals surface area contributed by atoms with Crippen LogP contribution in [0, 0.1) is 0 Å². The van der Waals surface area contributed by atoms with Crippen LogP contribution in [0.2, 0.25) is 10.0 Å². The molecule has 0 aliphatic carbocycles. The minimum atomic E-state index is -0.562. The first-order valence-electron chi connectivity index (χ1n) is 6.23. The molecule has 120 valence electrons. The fourth-order valence-corrected chi connectivity index (χ4v) is 2.84. The van der Waals surface area contributed by atoms with Gasteiger partial charge in [-0.1, -0.05) is 39.1 Å². The number of nitrogens with two attached hydrogens (primary N) is 1. The van der Waals surface area contributed by atoms with Gasteiger partial charge < -0.3 is 10.6 Å². The van der Waals surface area contributed by atoms with E-state index in [2.05, 4.69) is 26.6 Å². The standard InChI is InChI=1S/C14H11BrCl2N4O2/c15-7-3-9(17)5-10(4-7)19-14(23)20-12-6-8(16)1-2-11(12)13(22)21-18/h1-6H,18H2,(H,21,22)(H2,19,20,23). The van der Waals surface area contributed by atoms with Crippen LogP contribution in [-0.4, -0.2) is 11.9 Å². The monoisotopic (exact) mass is 416 g/mol. The van der Waals surface area contributed by atoms with E-state index in [0.29, 0.717) is 20.2 Å². The Balaban J connectivity index is 2.19. The van der Waals surface area contributed by atoms with Gasteiger partial charge in [-0.3, -0.25) is 10.2 Å². The van der Waals surface area contributed by atoms with Crippen molar-refractivity contribution in [3.8, 4) is 0 Å². The van der Waals surface area contributed by atoms with Gasteiger partial charge in [0.25, 0.3) is 5.91 Å². The summed E-state index contributed by atoms with van der Waals surface area (Å²) in [7, 11) is 0. The Morgan fingerprint density at radius 2 is 1.74 bits per heavy atom. The summed E-state index contributed by atoms with van der Waals surface area (Å²) in [4.78, 5) is 23.8. The zero-order valence-electron chi connectivity index (χ0n) is 11.5. The lowest BCUT2D eigenvalue weighted by atomic mass is 10.1. The molecule has 0 aliphatic rings. The number of urea groups is 1. The first-order chi connectivity index (χ1) is 10.9. The summed E-state index contributed by atoms with van der Waals surface area (Å²) in [6.45, 7) is 0. The van der Waals surface area contributed by atoms with Crippen LogP contribution in [0.4, 0.5) is 16.2 Å². The van der Waals surface area contributed by atoms with Crippen molar-refractivity contribution in [1.29, 1.82) is 0 Å². The van der Waals surface area contributed by atoms with Crippen molar-refractivity contribution in [2.45, 2.75) is 0 Å². The molecule has 5 N–H and O–H groups in total. The van der Waals surface area contributed by atoms with Crippen LogP contribution in [0.3, 0.4) is 0 Å². The molecule has 0 radical (unpaired) electrons. The molecule has 0 saturated carbocycles. The van der Waals surface area contributed by atoms with Gasteiger partial charge in [-0.25, -0.2) is 10.6 Å². The summed E-state index contributed by atoms with van der Waals surface area (Å²) < 4.78 is 0.714. The van der Waals surface area contributed by atoms with Crippen molar-refractivity contribution in [2.24, 2.45) is 5.84 Å². The highest BCUT2D eigenvalue weighted by Gasteiger charge is 2.13. The molecular weight excluding hydrogens is 407 g/mol. The fourth-order valence-electron chi connectivity index (χ4n) is 1.81. The summed E-state index contributed by atoms with van der Waals surface area (Å²) in [6.07, 6.45) is 0. The molecule has 2 rings (SSSR count).